The number of hydrogen-bond acceptors (Lipinski definition) is 10. The first-order valence-electron chi connectivity index (χ1n) is 10.1. The number of aliphatic hydroxyl groups excluding tert-OH is 2. The van der Waals surface area contributed by atoms with E-state index in [-0.39, 0.29) is 38.3 Å². The molecule has 1 heterocycles. The smallest absolute Gasteiger partial charge is 0.317 e. The third kappa shape index (κ3) is 7.78. The maximum Gasteiger partial charge on any atom is 0.317 e. The molecule has 0 saturated heterocycles. The lowest BCUT2D eigenvalue weighted by Gasteiger charge is -2.44. The number of pyridine rings is 1. The van der Waals surface area contributed by atoms with Gasteiger partial charge in [0.05, 0.1) is 25.3 Å². The number of carbonyl (C=O) groups is 2. The van der Waals surface area contributed by atoms with Crippen LogP contribution in [-0.4, -0.2) is 90.3 Å². The van der Waals surface area contributed by atoms with Crippen molar-refractivity contribution in [2.75, 3.05) is 19.6 Å². The maximum absolute atomic E-state index is 11.6. The highest BCUT2D eigenvalue weighted by atomic mass is 16.5. The number of aliphatic hydroxyl groups is 3. The van der Waals surface area contributed by atoms with Gasteiger partial charge in [0, 0.05) is 30.4 Å². The van der Waals surface area contributed by atoms with Gasteiger partial charge in [-0.15, -0.1) is 0 Å². The quantitative estimate of drug-likeness (QED) is 0.112. The summed E-state index contributed by atoms with van der Waals surface area (Å²) in [6, 6.07) is 2.63. The van der Waals surface area contributed by atoms with E-state index < -0.39 is 24.5 Å². The molecular formula is C19H31N5O7. The predicted octanol–water partition coefficient (Wildman–Crippen LogP) is -1.57. The number of hydrogen-bond donors (Lipinski definition) is 7. The topological polar surface area (TPSA) is 193 Å². The second-order valence-corrected chi connectivity index (χ2v) is 7.67. The SMILES string of the molecule is NNC(O)c1ccc(CN(CC(=O)O)[C@H]2CCCCC2N(CC(=O)O)CC(O)O)nc1. The van der Waals surface area contributed by atoms with Crippen molar-refractivity contribution in [3.05, 3.63) is 29.6 Å². The lowest BCUT2D eigenvalue weighted by atomic mass is 9.87. The van der Waals surface area contributed by atoms with Crippen LogP contribution < -0.4 is 11.3 Å². The lowest BCUT2D eigenvalue weighted by molar-refractivity contribution is -0.145. The number of nitrogens with one attached hydrogen (secondary N) is 1. The second kappa shape index (κ2) is 12.0. The van der Waals surface area contributed by atoms with Crippen LogP contribution in [0.1, 0.15) is 43.2 Å². The van der Waals surface area contributed by atoms with Crippen molar-refractivity contribution in [3.63, 3.8) is 0 Å². The first-order valence-corrected chi connectivity index (χ1v) is 10.1. The summed E-state index contributed by atoms with van der Waals surface area (Å²) in [6.45, 7) is -0.704. The Hall–Kier alpha value is -2.19. The number of aromatic nitrogens is 1. The summed E-state index contributed by atoms with van der Waals surface area (Å²) in [6.07, 6.45) is 1.60. The number of nitrogens with zero attached hydrogens (tertiary/aromatic N) is 3. The van der Waals surface area contributed by atoms with Gasteiger partial charge < -0.3 is 25.5 Å². The molecule has 0 bridgehead atoms. The van der Waals surface area contributed by atoms with E-state index in [1.807, 2.05) is 0 Å². The van der Waals surface area contributed by atoms with Gasteiger partial charge in [0.25, 0.3) is 0 Å². The average molecular weight is 441 g/mol. The Morgan fingerprint density at radius 2 is 1.65 bits per heavy atom. The number of carboxylic acid groups (broad SMARTS) is 2. The Morgan fingerprint density at radius 1 is 1.06 bits per heavy atom. The molecule has 12 nitrogen and oxygen atoms in total. The van der Waals surface area contributed by atoms with Crippen molar-refractivity contribution in [2.24, 2.45) is 5.84 Å². The van der Waals surface area contributed by atoms with E-state index in [4.69, 9.17) is 5.84 Å². The number of hydrazine groups is 1. The van der Waals surface area contributed by atoms with Gasteiger partial charge in [0.15, 0.2) is 6.29 Å². The lowest BCUT2D eigenvalue weighted by Crippen LogP contribution is -2.56. The Morgan fingerprint density at radius 3 is 2.13 bits per heavy atom. The molecule has 1 aliphatic rings. The molecule has 0 aromatic carbocycles. The molecule has 12 heteroatoms. The third-order valence-corrected chi connectivity index (χ3v) is 5.39. The molecule has 174 valence electrons. The van der Waals surface area contributed by atoms with Crippen molar-refractivity contribution >= 4 is 11.9 Å². The summed E-state index contributed by atoms with van der Waals surface area (Å²) in [7, 11) is 0. The molecular weight excluding hydrogens is 410 g/mol. The van der Waals surface area contributed by atoms with Gasteiger partial charge in [-0.05, 0) is 18.9 Å². The second-order valence-electron chi connectivity index (χ2n) is 7.67. The van der Waals surface area contributed by atoms with Crippen LogP contribution in [-0.2, 0) is 16.1 Å². The molecule has 2 unspecified atom stereocenters. The average Bonchev–Trinajstić information content (AvgIpc) is 2.72. The van der Waals surface area contributed by atoms with Gasteiger partial charge in [-0.3, -0.25) is 30.2 Å². The highest BCUT2D eigenvalue weighted by Crippen LogP contribution is 2.28. The van der Waals surface area contributed by atoms with Gasteiger partial charge in [-0.2, -0.15) is 0 Å². The van der Waals surface area contributed by atoms with E-state index in [2.05, 4.69) is 10.4 Å². The fraction of sp³-hybridized carbons (Fsp3) is 0.632. The van der Waals surface area contributed by atoms with E-state index >= 15 is 0 Å². The Balaban J connectivity index is 2.26. The number of nitrogens with two attached hydrogens (primary N) is 1. The summed E-state index contributed by atoms with van der Waals surface area (Å²) >= 11 is 0. The van der Waals surface area contributed by atoms with Gasteiger partial charge >= 0.3 is 11.9 Å². The number of aliphatic carboxylic acids is 2. The molecule has 1 aromatic rings. The highest BCUT2D eigenvalue weighted by molar-refractivity contribution is 5.69. The fourth-order valence-electron chi connectivity index (χ4n) is 4.10. The van der Waals surface area contributed by atoms with Crippen molar-refractivity contribution in [1.29, 1.82) is 0 Å². The van der Waals surface area contributed by atoms with Crippen LogP contribution in [0.4, 0.5) is 0 Å². The molecule has 0 aliphatic heterocycles. The van der Waals surface area contributed by atoms with Crippen LogP contribution >= 0.6 is 0 Å². The van der Waals surface area contributed by atoms with Gasteiger partial charge in [0.2, 0.25) is 0 Å². The molecule has 1 aliphatic carbocycles. The molecule has 31 heavy (non-hydrogen) atoms. The maximum atomic E-state index is 11.6. The highest BCUT2D eigenvalue weighted by Gasteiger charge is 2.36. The van der Waals surface area contributed by atoms with E-state index in [0.29, 0.717) is 24.1 Å². The molecule has 1 fully saturated rings. The normalized spacial score (nSPS) is 20.4. The zero-order valence-corrected chi connectivity index (χ0v) is 17.2. The standard InChI is InChI=1S/C19H31N5O7/c20-22-19(31)12-5-6-13(21-7-12)8-23(9-16(25)26)14-3-1-2-4-15(14)24(10-17(27)28)11-18(29)30/h5-7,14-15,17,19,22,27-28,31H,1-4,8-11,20H2,(H,25,26)(H,29,30)/t14-,15?,19?/m0/s1. The summed E-state index contributed by atoms with van der Waals surface area (Å²) in [4.78, 5) is 30.4. The van der Waals surface area contributed by atoms with Crippen molar-refractivity contribution in [3.8, 4) is 0 Å². The molecule has 1 saturated carbocycles. The predicted molar refractivity (Wildman–Crippen MR) is 108 cm³/mol. The van der Waals surface area contributed by atoms with Crippen LogP contribution in [0, 0.1) is 0 Å². The summed E-state index contributed by atoms with van der Waals surface area (Å²) in [5, 5.41) is 47.3. The van der Waals surface area contributed by atoms with Crippen LogP contribution in [0.15, 0.2) is 18.3 Å². The summed E-state index contributed by atoms with van der Waals surface area (Å²) in [5.41, 5.74) is 3.23. The van der Waals surface area contributed by atoms with E-state index in [1.165, 1.54) is 11.1 Å². The van der Waals surface area contributed by atoms with Crippen LogP contribution in [0.25, 0.3) is 0 Å². The Kier molecular flexibility index (Phi) is 9.71. The molecule has 0 radical (unpaired) electrons. The van der Waals surface area contributed by atoms with Gasteiger partial charge in [-0.1, -0.05) is 18.9 Å². The minimum Gasteiger partial charge on any atom is -0.480 e. The zero-order chi connectivity index (χ0) is 23.0. The first-order chi connectivity index (χ1) is 14.7. The molecule has 2 rings (SSSR count). The first kappa shape index (κ1) is 25.1. The summed E-state index contributed by atoms with van der Waals surface area (Å²) in [5.74, 6) is 3.07. The van der Waals surface area contributed by atoms with E-state index in [0.717, 1.165) is 12.8 Å². The van der Waals surface area contributed by atoms with Crippen molar-refractivity contribution in [2.45, 2.75) is 56.8 Å². The van der Waals surface area contributed by atoms with E-state index in [9.17, 15) is 35.1 Å². The minimum atomic E-state index is -1.70. The number of carboxylic acids is 2. The monoisotopic (exact) mass is 441 g/mol. The van der Waals surface area contributed by atoms with Crippen molar-refractivity contribution in [1.82, 2.24) is 20.2 Å². The number of rotatable bonds is 12. The molecule has 3 atom stereocenters. The third-order valence-electron chi connectivity index (χ3n) is 5.39. The minimum absolute atomic E-state index is 0.197. The van der Waals surface area contributed by atoms with Crippen molar-refractivity contribution < 1.29 is 35.1 Å². The van der Waals surface area contributed by atoms with Crippen LogP contribution in [0.2, 0.25) is 0 Å². The summed E-state index contributed by atoms with van der Waals surface area (Å²) < 4.78 is 0. The Bertz CT molecular complexity index is 718. The molecule has 1 aromatic heterocycles. The molecule has 0 spiro atoms. The molecule has 0 amide bonds. The fourth-order valence-corrected chi connectivity index (χ4v) is 4.10. The Labute approximate surface area is 179 Å². The van der Waals surface area contributed by atoms with Gasteiger partial charge in [-0.25, -0.2) is 5.43 Å². The van der Waals surface area contributed by atoms with E-state index in [1.54, 1.807) is 17.0 Å². The largest absolute Gasteiger partial charge is 0.480 e. The van der Waals surface area contributed by atoms with Gasteiger partial charge in [0.1, 0.15) is 6.23 Å². The van der Waals surface area contributed by atoms with Crippen LogP contribution in [0.5, 0.6) is 0 Å². The van der Waals surface area contributed by atoms with Crippen LogP contribution in [0.3, 0.4) is 0 Å². The molecule has 8 N–H and O–H groups in total. The zero-order valence-electron chi connectivity index (χ0n) is 17.2.